The largest absolute Gasteiger partial charge is 0.496 e. The van der Waals surface area contributed by atoms with Crippen LogP contribution in [0.2, 0.25) is 0 Å². The average Bonchev–Trinajstić information content (AvgIpc) is 3.10. The van der Waals surface area contributed by atoms with Crippen molar-refractivity contribution in [3.8, 4) is 23.0 Å². The molecule has 0 radical (unpaired) electrons. The number of carbonyl (C=O) groups is 1. The third-order valence-corrected chi connectivity index (χ3v) is 4.17. The first-order chi connectivity index (χ1) is 14.1. The van der Waals surface area contributed by atoms with Crippen molar-refractivity contribution < 1.29 is 28.5 Å². The van der Waals surface area contributed by atoms with Crippen molar-refractivity contribution in [2.45, 2.75) is 0 Å². The van der Waals surface area contributed by atoms with Crippen molar-refractivity contribution in [2.24, 2.45) is 4.99 Å². The summed E-state index contributed by atoms with van der Waals surface area (Å²) in [4.78, 5) is 16.5. The number of hydrogen-bond acceptors (Lipinski definition) is 7. The lowest BCUT2D eigenvalue weighted by Gasteiger charge is -2.12. The molecule has 2 aromatic carbocycles. The van der Waals surface area contributed by atoms with Gasteiger partial charge in [0.15, 0.2) is 17.2 Å². The van der Waals surface area contributed by atoms with Gasteiger partial charge in [-0.15, -0.1) is 0 Å². The Morgan fingerprint density at radius 3 is 2.14 bits per heavy atom. The minimum absolute atomic E-state index is 0.166. The van der Waals surface area contributed by atoms with Crippen LogP contribution in [0.5, 0.6) is 23.0 Å². The van der Waals surface area contributed by atoms with Crippen molar-refractivity contribution in [2.75, 3.05) is 28.4 Å². The molecule has 29 heavy (non-hydrogen) atoms. The highest BCUT2D eigenvalue weighted by atomic mass is 16.6. The van der Waals surface area contributed by atoms with Crippen LogP contribution in [0.25, 0.3) is 12.2 Å². The topological polar surface area (TPSA) is 75.6 Å². The van der Waals surface area contributed by atoms with Crippen LogP contribution in [-0.2, 0) is 9.53 Å². The van der Waals surface area contributed by atoms with Crippen molar-refractivity contribution in [1.82, 2.24) is 0 Å². The number of para-hydroxylation sites is 1. The first kappa shape index (κ1) is 20.0. The summed E-state index contributed by atoms with van der Waals surface area (Å²) in [6, 6.07) is 10.9. The minimum Gasteiger partial charge on any atom is -0.496 e. The van der Waals surface area contributed by atoms with Crippen LogP contribution in [-0.4, -0.2) is 40.3 Å². The van der Waals surface area contributed by atoms with Crippen LogP contribution < -0.4 is 18.9 Å². The molecule has 1 aliphatic heterocycles. The molecule has 0 saturated carbocycles. The lowest BCUT2D eigenvalue weighted by molar-refractivity contribution is -0.129. The van der Waals surface area contributed by atoms with E-state index in [1.54, 1.807) is 37.5 Å². The molecule has 0 saturated heterocycles. The third-order valence-electron chi connectivity index (χ3n) is 4.17. The van der Waals surface area contributed by atoms with Gasteiger partial charge in [0.05, 0.1) is 28.4 Å². The van der Waals surface area contributed by atoms with Crippen LogP contribution in [0, 0.1) is 0 Å². The van der Waals surface area contributed by atoms with Crippen LogP contribution >= 0.6 is 0 Å². The van der Waals surface area contributed by atoms with Crippen LogP contribution in [0.4, 0.5) is 0 Å². The van der Waals surface area contributed by atoms with Crippen molar-refractivity contribution in [1.29, 1.82) is 0 Å². The minimum atomic E-state index is -0.543. The number of esters is 1. The van der Waals surface area contributed by atoms with E-state index in [1.165, 1.54) is 21.3 Å². The maximum absolute atomic E-state index is 12.2. The number of methoxy groups -OCH3 is 4. The van der Waals surface area contributed by atoms with Gasteiger partial charge in [-0.3, -0.25) is 0 Å². The molecule has 0 amide bonds. The van der Waals surface area contributed by atoms with E-state index in [1.807, 2.05) is 24.3 Å². The van der Waals surface area contributed by atoms with E-state index < -0.39 is 5.97 Å². The molecule has 3 rings (SSSR count). The fourth-order valence-corrected chi connectivity index (χ4v) is 2.80. The number of aliphatic imine (C=N–C) groups is 1. The molecular weight excluding hydrogens is 374 g/mol. The van der Waals surface area contributed by atoms with Crippen molar-refractivity contribution in [3.05, 3.63) is 59.3 Å². The predicted molar refractivity (Wildman–Crippen MR) is 110 cm³/mol. The van der Waals surface area contributed by atoms with Gasteiger partial charge in [-0.1, -0.05) is 18.2 Å². The predicted octanol–water partition coefficient (Wildman–Crippen LogP) is 3.73. The van der Waals surface area contributed by atoms with E-state index in [0.717, 1.165) is 5.56 Å². The second kappa shape index (κ2) is 8.97. The highest BCUT2D eigenvalue weighted by molar-refractivity contribution is 6.11. The van der Waals surface area contributed by atoms with Gasteiger partial charge in [-0.05, 0) is 35.9 Å². The van der Waals surface area contributed by atoms with Gasteiger partial charge in [0.2, 0.25) is 11.6 Å². The Balaban J connectivity index is 1.90. The fourth-order valence-electron chi connectivity index (χ4n) is 2.80. The quantitative estimate of drug-likeness (QED) is 0.525. The standard InChI is InChI=1S/C22H21NO6/c1-25-17-8-6-5-7-15(17)9-10-20-23-16(22(24)29-20)11-14-12-18(26-2)21(28-4)19(13-14)27-3/h5-13H,1-4H3/b10-9+,16-11-. The number of cyclic esters (lactones) is 1. The van der Waals surface area contributed by atoms with Gasteiger partial charge in [0, 0.05) is 11.6 Å². The molecule has 2 aromatic rings. The fraction of sp³-hybridized carbons (Fsp3) is 0.182. The summed E-state index contributed by atoms with van der Waals surface area (Å²) in [5.74, 6) is 1.78. The first-order valence-corrected chi connectivity index (χ1v) is 8.73. The monoisotopic (exact) mass is 395 g/mol. The Morgan fingerprint density at radius 2 is 1.52 bits per heavy atom. The number of benzene rings is 2. The number of nitrogens with zero attached hydrogens (tertiary/aromatic N) is 1. The summed E-state index contributed by atoms with van der Waals surface area (Å²) in [5.41, 5.74) is 1.67. The molecule has 0 N–H and O–H groups in total. The zero-order valence-corrected chi connectivity index (χ0v) is 16.6. The smallest absolute Gasteiger partial charge is 0.363 e. The first-order valence-electron chi connectivity index (χ1n) is 8.73. The van der Waals surface area contributed by atoms with E-state index in [9.17, 15) is 4.79 Å². The Morgan fingerprint density at radius 1 is 0.862 bits per heavy atom. The van der Waals surface area contributed by atoms with Crippen LogP contribution in [0.15, 0.2) is 53.2 Å². The van der Waals surface area contributed by atoms with Crippen LogP contribution in [0.1, 0.15) is 11.1 Å². The molecule has 0 bridgehead atoms. The number of carbonyl (C=O) groups excluding carboxylic acids is 1. The zero-order chi connectivity index (χ0) is 20.8. The maximum Gasteiger partial charge on any atom is 0.363 e. The van der Waals surface area contributed by atoms with E-state index in [-0.39, 0.29) is 11.6 Å². The van der Waals surface area contributed by atoms with Gasteiger partial charge < -0.3 is 23.7 Å². The molecule has 7 heteroatoms. The van der Waals surface area contributed by atoms with E-state index >= 15 is 0 Å². The summed E-state index contributed by atoms with van der Waals surface area (Å²) < 4.78 is 26.5. The second-order valence-corrected chi connectivity index (χ2v) is 5.90. The Kier molecular flexibility index (Phi) is 6.19. The van der Waals surface area contributed by atoms with Crippen molar-refractivity contribution >= 4 is 24.0 Å². The molecule has 0 spiro atoms. The van der Waals surface area contributed by atoms with E-state index in [0.29, 0.717) is 28.6 Å². The van der Waals surface area contributed by atoms with Crippen LogP contribution in [0.3, 0.4) is 0 Å². The molecule has 7 nitrogen and oxygen atoms in total. The summed E-state index contributed by atoms with van der Waals surface area (Å²) in [5, 5.41) is 0. The molecule has 0 aliphatic carbocycles. The number of rotatable bonds is 7. The lowest BCUT2D eigenvalue weighted by atomic mass is 10.1. The summed E-state index contributed by atoms with van der Waals surface area (Å²) in [6.07, 6.45) is 4.98. The lowest BCUT2D eigenvalue weighted by Crippen LogP contribution is -2.01. The van der Waals surface area contributed by atoms with Gasteiger partial charge in [-0.25, -0.2) is 9.79 Å². The molecule has 0 aromatic heterocycles. The van der Waals surface area contributed by atoms with Gasteiger partial charge in [-0.2, -0.15) is 0 Å². The highest BCUT2D eigenvalue weighted by Crippen LogP contribution is 2.39. The normalized spacial score (nSPS) is 14.7. The summed E-state index contributed by atoms with van der Waals surface area (Å²) >= 11 is 0. The molecular formula is C22H21NO6. The molecule has 150 valence electrons. The zero-order valence-electron chi connectivity index (χ0n) is 16.6. The third kappa shape index (κ3) is 4.40. The second-order valence-electron chi connectivity index (χ2n) is 5.90. The Hall–Kier alpha value is -3.74. The Labute approximate surface area is 168 Å². The van der Waals surface area contributed by atoms with Gasteiger partial charge >= 0.3 is 5.97 Å². The molecule has 0 fully saturated rings. The highest BCUT2D eigenvalue weighted by Gasteiger charge is 2.22. The van der Waals surface area contributed by atoms with Gasteiger partial charge in [0.25, 0.3) is 0 Å². The summed E-state index contributed by atoms with van der Waals surface area (Å²) in [6.45, 7) is 0. The number of hydrogen-bond donors (Lipinski definition) is 0. The Bertz CT molecular complexity index is 981. The van der Waals surface area contributed by atoms with Crippen molar-refractivity contribution in [3.63, 3.8) is 0 Å². The van der Waals surface area contributed by atoms with E-state index in [2.05, 4.69) is 4.99 Å². The summed E-state index contributed by atoms with van der Waals surface area (Å²) in [7, 11) is 6.17. The molecule has 1 heterocycles. The maximum atomic E-state index is 12.2. The molecule has 0 atom stereocenters. The average molecular weight is 395 g/mol. The SMILES string of the molecule is COc1ccccc1/C=C/C1=NC(=C\c2cc(OC)c(OC)c(OC)c2)/C(=O)O1. The molecule has 0 unspecified atom stereocenters. The molecule has 1 aliphatic rings. The number of ether oxygens (including phenoxy) is 5. The van der Waals surface area contributed by atoms with E-state index in [4.69, 9.17) is 23.7 Å². The van der Waals surface area contributed by atoms with Gasteiger partial charge in [0.1, 0.15) is 5.75 Å².